The van der Waals surface area contributed by atoms with E-state index >= 15 is 0 Å². The number of aryl methyl sites for hydroxylation is 1. The Hall–Kier alpha value is -3.07. The van der Waals surface area contributed by atoms with E-state index in [4.69, 9.17) is 23.2 Å². The third-order valence-corrected chi connectivity index (χ3v) is 8.02. The summed E-state index contributed by atoms with van der Waals surface area (Å²) in [6.07, 6.45) is 0. The van der Waals surface area contributed by atoms with E-state index in [1.54, 1.807) is 62.4 Å². The lowest BCUT2D eigenvalue weighted by Crippen LogP contribution is -2.50. The van der Waals surface area contributed by atoms with Crippen molar-refractivity contribution in [3.63, 3.8) is 0 Å². The Labute approximate surface area is 221 Å². The van der Waals surface area contributed by atoms with Crippen LogP contribution >= 0.6 is 23.2 Å². The van der Waals surface area contributed by atoms with Crippen molar-refractivity contribution in [3.05, 3.63) is 94.0 Å². The van der Waals surface area contributed by atoms with Gasteiger partial charge in [0.2, 0.25) is 11.8 Å². The summed E-state index contributed by atoms with van der Waals surface area (Å²) in [6.45, 7) is 2.94. The van der Waals surface area contributed by atoms with E-state index in [9.17, 15) is 18.0 Å². The number of carbonyl (C=O) groups is 2. The zero-order valence-corrected chi connectivity index (χ0v) is 22.4. The van der Waals surface area contributed by atoms with Gasteiger partial charge < -0.3 is 10.2 Å². The standard InChI is InChI=1S/C26H27Cl2N3O4S/c1-18-6-4-5-7-24(18)31(36(34,35)23-14-12-22(28)13-15-23)17-25(32)30(19(2)26(33)29-3)16-20-8-10-21(27)11-9-20/h4-15,19H,16-17H2,1-3H3,(H,29,33)/t19-/m1/s1. The van der Waals surface area contributed by atoms with Gasteiger partial charge in [0.1, 0.15) is 12.6 Å². The van der Waals surface area contributed by atoms with Gasteiger partial charge in [0.15, 0.2) is 0 Å². The van der Waals surface area contributed by atoms with Crippen LogP contribution in [0.3, 0.4) is 0 Å². The van der Waals surface area contributed by atoms with Crippen LogP contribution in [0.4, 0.5) is 5.69 Å². The largest absolute Gasteiger partial charge is 0.357 e. The third-order valence-electron chi connectivity index (χ3n) is 5.74. The summed E-state index contributed by atoms with van der Waals surface area (Å²) in [7, 11) is -2.66. The van der Waals surface area contributed by atoms with E-state index in [-0.39, 0.29) is 17.3 Å². The summed E-state index contributed by atoms with van der Waals surface area (Å²) in [4.78, 5) is 27.5. The van der Waals surface area contributed by atoms with Crippen molar-refractivity contribution in [1.82, 2.24) is 10.2 Å². The maximum atomic E-state index is 13.7. The quantitative estimate of drug-likeness (QED) is 0.422. The Bertz CT molecular complexity index is 1330. The van der Waals surface area contributed by atoms with Gasteiger partial charge in [-0.3, -0.25) is 13.9 Å². The predicted molar refractivity (Wildman–Crippen MR) is 143 cm³/mol. The molecule has 0 aliphatic carbocycles. The highest BCUT2D eigenvalue weighted by molar-refractivity contribution is 7.92. The number of amides is 2. The zero-order chi connectivity index (χ0) is 26.5. The van der Waals surface area contributed by atoms with Crippen LogP contribution in [0.2, 0.25) is 10.0 Å². The molecule has 0 fully saturated rings. The van der Waals surface area contributed by atoms with Crippen LogP contribution in [0.15, 0.2) is 77.7 Å². The monoisotopic (exact) mass is 547 g/mol. The molecule has 0 aliphatic heterocycles. The molecule has 7 nitrogen and oxygen atoms in total. The molecule has 190 valence electrons. The van der Waals surface area contributed by atoms with Crippen molar-refractivity contribution >= 4 is 50.7 Å². The molecule has 3 aromatic rings. The minimum atomic E-state index is -4.14. The average molecular weight is 548 g/mol. The Morgan fingerprint density at radius 1 is 0.917 bits per heavy atom. The van der Waals surface area contributed by atoms with Gasteiger partial charge in [0.05, 0.1) is 10.6 Å². The van der Waals surface area contributed by atoms with Crippen LogP contribution in [0.25, 0.3) is 0 Å². The number of nitrogens with one attached hydrogen (secondary N) is 1. The Balaban J connectivity index is 2.04. The second kappa shape index (κ2) is 11.8. The molecule has 0 aromatic heterocycles. The first-order valence-electron chi connectivity index (χ1n) is 11.1. The first kappa shape index (κ1) is 27.5. The molecule has 3 aromatic carbocycles. The fourth-order valence-electron chi connectivity index (χ4n) is 3.67. The first-order chi connectivity index (χ1) is 17.0. The van der Waals surface area contributed by atoms with Crippen molar-refractivity contribution < 1.29 is 18.0 Å². The molecule has 1 atom stereocenters. The molecule has 0 spiro atoms. The molecule has 0 bridgehead atoms. The van der Waals surface area contributed by atoms with Gasteiger partial charge in [0, 0.05) is 23.6 Å². The van der Waals surface area contributed by atoms with Crippen LogP contribution in [0, 0.1) is 6.92 Å². The number of halogens is 2. The van der Waals surface area contributed by atoms with Gasteiger partial charge in [-0.15, -0.1) is 0 Å². The average Bonchev–Trinajstić information content (AvgIpc) is 2.86. The fourth-order valence-corrected chi connectivity index (χ4v) is 5.40. The molecule has 36 heavy (non-hydrogen) atoms. The molecular formula is C26H27Cl2N3O4S. The van der Waals surface area contributed by atoms with Crippen molar-refractivity contribution in [2.45, 2.75) is 31.3 Å². The first-order valence-corrected chi connectivity index (χ1v) is 13.3. The highest BCUT2D eigenvalue weighted by Gasteiger charge is 2.32. The summed E-state index contributed by atoms with van der Waals surface area (Å²) < 4.78 is 28.5. The van der Waals surface area contributed by atoms with Gasteiger partial charge in [-0.2, -0.15) is 0 Å². The number of benzene rings is 3. The second-order valence-electron chi connectivity index (χ2n) is 8.19. The highest BCUT2D eigenvalue weighted by Crippen LogP contribution is 2.28. The normalized spacial score (nSPS) is 12.0. The molecule has 3 rings (SSSR count). The van der Waals surface area contributed by atoms with Crippen LogP contribution in [0.1, 0.15) is 18.1 Å². The number of rotatable bonds is 9. The number of hydrogen-bond acceptors (Lipinski definition) is 4. The lowest BCUT2D eigenvalue weighted by Gasteiger charge is -2.32. The highest BCUT2D eigenvalue weighted by atomic mass is 35.5. The Morgan fingerprint density at radius 3 is 2.03 bits per heavy atom. The van der Waals surface area contributed by atoms with E-state index in [1.807, 2.05) is 0 Å². The van der Waals surface area contributed by atoms with Crippen molar-refractivity contribution in [3.8, 4) is 0 Å². The maximum Gasteiger partial charge on any atom is 0.264 e. The van der Waals surface area contributed by atoms with Gasteiger partial charge in [-0.05, 0) is 67.4 Å². The number of hydrogen-bond donors (Lipinski definition) is 1. The van der Waals surface area contributed by atoms with Gasteiger partial charge >= 0.3 is 0 Å². The van der Waals surface area contributed by atoms with E-state index in [2.05, 4.69) is 5.32 Å². The summed E-state index contributed by atoms with van der Waals surface area (Å²) in [6, 6.07) is 18.7. The van der Waals surface area contributed by atoms with Crippen molar-refractivity contribution in [1.29, 1.82) is 0 Å². The number of anilines is 1. The van der Waals surface area contributed by atoms with E-state index in [0.29, 0.717) is 21.3 Å². The smallest absolute Gasteiger partial charge is 0.264 e. The molecule has 0 saturated heterocycles. The van der Waals surface area contributed by atoms with Crippen LogP contribution in [-0.2, 0) is 26.2 Å². The number of para-hydroxylation sites is 1. The Morgan fingerprint density at radius 2 is 1.47 bits per heavy atom. The minimum Gasteiger partial charge on any atom is -0.357 e. The number of likely N-dealkylation sites (N-methyl/N-ethyl adjacent to an activating group) is 1. The van der Waals surface area contributed by atoms with E-state index in [0.717, 1.165) is 9.87 Å². The lowest BCUT2D eigenvalue weighted by atomic mass is 10.1. The second-order valence-corrected chi connectivity index (χ2v) is 10.9. The molecule has 0 aliphatic rings. The predicted octanol–water partition coefficient (Wildman–Crippen LogP) is 4.66. The van der Waals surface area contributed by atoms with Crippen molar-refractivity contribution in [2.75, 3.05) is 17.9 Å². The number of nitrogens with zero attached hydrogens (tertiary/aromatic N) is 2. The maximum absolute atomic E-state index is 13.7. The van der Waals surface area contributed by atoms with Crippen LogP contribution < -0.4 is 9.62 Å². The van der Waals surface area contributed by atoms with Crippen LogP contribution in [0.5, 0.6) is 0 Å². The molecule has 0 unspecified atom stereocenters. The van der Waals surface area contributed by atoms with Crippen molar-refractivity contribution in [2.24, 2.45) is 0 Å². The van der Waals surface area contributed by atoms with E-state index < -0.39 is 28.5 Å². The summed E-state index contributed by atoms with van der Waals surface area (Å²) in [5, 5.41) is 3.48. The number of carbonyl (C=O) groups excluding carboxylic acids is 2. The minimum absolute atomic E-state index is 0.00782. The molecule has 10 heteroatoms. The lowest BCUT2D eigenvalue weighted by molar-refractivity contribution is -0.139. The SMILES string of the molecule is CNC(=O)[C@@H](C)N(Cc1ccc(Cl)cc1)C(=O)CN(c1ccccc1C)S(=O)(=O)c1ccc(Cl)cc1. The van der Waals surface area contributed by atoms with Gasteiger partial charge in [-0.25, -0.2) is 8.42 Å². The molecule has 1 N–H and O–H groups in total. The molecule has 0 radical (unpaired) electrons. The molecule has 0 saturated carbocycles. The van der Waals surface area contributed by atoms with Gasteiger partial charge in [0.25, 0.3) is 10.0 Å². The van der Waals surface area contributed by atoms with Gasteiger partial charge in [-0.1, -0.05) is 53.5 Å². The topological polar surface area (TPSA) is 86.8 Å². The van der Waals surface area contributed by atoms with E-state index in [1.165, 1.54) is 36.2 Å². The third kappa shape index (κ3) is 6.37. The summed E-state index contributed by atoms with van der Waals surface area (Å²) in [5.41, 5.74) is 1.78. The number of sulfonamides is 1. The fraction of sp³-hybridized carbons (Fsp3) is 0.231. The summed E-state index contributed by atoms with van der Waals surface area (Å²) >= 11 is 11.9. The van der Waals surface area contributed by atoms with Crippen LogP contribution in [-0.4, -0.2) is 44.8 Å². The molecular weight excluding hydrogens is 521 g/mol. The molecule has 2 amide bonds. The zero-order valence-electron chi connectivity index (χ0n) is 20.1. The molecule has 0 heterocycles. The Kier molecular flexibility index (Phi) is 9.00. The summed E-state index contributed by atoms with van der Waals surface area (Å²) in [5.74, 6) is -0.915.